The summed E-state index contributed by atoms with van der Waals surface area (Å²) < 4.78 is 26.7. The predicted molar refractivity (Wildman–Crippen MR) is 77.8 cm³/mol. The van der Waals surface area contributed by atoms with Crippen LogP contribution in [0.5, 0.6) is 0 Å². The van der Waals surface area contributed by atoms with E-state index in [1.807, 2.05) is 0 Å². The molecule has 0 N–H and O–H groups in total. The molecule has 0 amide bonds. The Morgan fingerprint density at radius 3 is 2.42 bits per heavy atom. The second kappa shape index (κ2) is 5.43. The molecule has 0 bridgehead atoms. The summed E-state index contributed by atoms with van der Waals surface area (Å²) >= 11 is 5.72. The Morgan fingerprint density at radius 1 is 1.26 bits per heavy atom. The molecule has 0 radical (unpaired) electrons. The van der Waals surface area contributed by atoms with Crippen LogP contribution in [-0.2, 0) is 15.9 Å². The molecular weight excluding hydrogens is 282 g/mol. The summed E-state index contributed by atoms with van der Waals surface area (Å²) in [5.74, 6) is 0.400. The minimum atomic E-state index is -3.37. The molecule has 0 aliphatic carbocycles. The van der Waals surface area contributed by atoms with Gasteiger partial charge in [-0.25, -0.2) is 8.42 Å². The van der Waals surface area contributed by atoms with E-state index in [4.69, 9.17) is 11.6 Å². The highest BCUT2D eigenvalue weighted by Gasteiger charge is 2.33. The van der Waals surface area contributed by atoms with E-state index in [0.29, 0.717) is 23.9 Å². The Hall–Kier alpha value is -0.580. The molecule has 19 heavy (non-hydrogen) atoms. The van der Waals surface area contributed by atoms with E-state index in [-0.39, 0.29) is 5.41 Å². The van der Waals surface area contributed by atoms with Crippen molar-refractivity contribution in [2.45, 2.75) is 37.5 Å². The van der Waals surface area contributed by atoms with Crippen molar-refractivity contribution in [3.63, 3.8) is 0 Å². The average Bonchev–Trinajstić information content (AvgIpc) is 2.37. The second-order valence-electron chi connectivity index (χ2n) is 5.88. The first-order valence-electron chi connectivity index (χ1n) is 6.50. The van der Waals surface area contributed by atoms with E-state index >= 15 is 0 Å². The van der Waals surface area contributed by atoms with E-state index in [1.165, 1.54) is 0 Å². The van der Waals surface area contributed by atoms with Crippen molar-refractivity contribution in [3.05, 3.63) is 29.8 Å². The molecule has 0 spiro atoms. The number of rotatable bonds is 3. The molecule has 1 aliphatic heterocycles. The average molecular weight is 302 g/mol. The number of piperidine rings is 1. The molecule has 0 saturated carbocycles. The van der Waals surface area contributed by atoms with Crippen molar-refractivity contribution < 1.29 is 8.42 Å². The third-order valence-corrected chi connectivity index (χ3v) is 5.75. The zero-order valence-electron chi connectivity index (χ0n) is 11.4. The Balaban J connectivity index is 2.26. The van der Waals surface area contributed by atoms with E-state index in [2.05, 4.69) is 13.8 Å². The van der Waals surface area contributed by atoms with Gasteiger partial charge in [0.1, 0.15) is 0 Å². The van der Waals surface area contributed by atoms with Crippen molar-refractivity contribution in [1.29, 1.82) is 0 Å². The molecule has 1 aromatic carbocycles. The van der Waals surface area contributed by atoms with Gasteiger partial charge < -0.3 is 0 Å². The topological polar surface area (TPSA) is 37.4 Å². The molecule has 1 aliphatic rings. The van der Waals surface area contributed by atoms with Crippen LogP contribution in [0.15, 0.2) is 29.2 Å². The third-order valence-electron chi connectivity index (χ3n) is 3.58. The van der Waals surface area contributed by atoms with Gasteiger partial charge in [0.25, 0.3) is 0 Å². The molecule has 1 saturated heterocycles. The van der Waals surface area contributed by atoms with Gasteiger partial charge in [-0.2, -0.15) is 4.31 Å². The SMILES string of the molecule is CC1(C)CCCN(S(=O)(=O)c2ccc(CCl)cc2)C1. The van der Waals surface area contributed by atoms with E-state index < -0.39 is 10.0 Å². The van der Waals surface area contributed by atoms with Gasteiger partial charge in [0, 0.05) is 19.0 Å². The van der Waals surface area contributed by atoms with Crippen LogP contribution in [0.25, 0.3) is 0 Å². The van der Waals surface area contributed by atoms with Crippen molar-refractivity contribution in [2.75, 3.05) is 13.1 Å². The van der Waals surface area contributed by atoms with Crippen molar-refractivity contribution >= 4 is 21.6 Å². The summed E-state index contributed by atoms with van der Waals surface area (Å²) in [5, 5.41) is 0. The lowest BCUT2D eigenvalue weighted by atomic mass is 9.85. The van der Waals surface area contributed by atoms with Gasteiger partial charge in [-0.3, -0.25) is 0 Å². The van der Waals surface area contributed by atoms with Crippen LogP contribution < -0.4 is 0 Å². The fourth-order valence-electron chi connectivity index (χ4n) is 2.47. The maximum atomic E-state index is 12.6. The standard InChI is InChI=1S/C14H20ClNO2S/c1-14(2)8-3-9-16(11-14)19(17,18)13-6-4-12(10-15)5-7-13/h4-7H,3,8-11H2,1-2H3. The van der Waals surface area contributed by atoms with Gasteiger partial charge in [0.05, 0.1) is 4.90 Å². The maximum Gasteiger partial charge on any atom is 0.243 e. The zero-order chi connectivity index (χ0) is 14.1. The van der Waals surface area contributed by atoms with Crippen LogP contribution in [0.1, 0.15) is 32.3 Å². The molecule has 1 heterocycles. The molecule has 106 valence electrons. The quantitative estimate of drug-likeness (QED) is 0.804. The third kappa shape index (κ3) is 3.30. The number of hydrogen-bond donors (Lipinski definition) is 0. The van der Waals surface area contributed by atoms with Crippen LogP contribution >= 0.6 is 11.6 Å². The van der Waals surface area contributed by atoms with Gasteiger partial charge in [0.15, 0.2) is 0 Å². The number of halogens is 1. The number of hydrogen-bond acceptors (Lipinski definition) is 2. The molecule has 1 fully saturated rings. The summed E-state index contributed by atoms with van der Waals surface area (Å²) in [5.41, 5.74) is 0.987. The molecule has 0 aromatic heterocycles. The summed E-state index contributed by atoms with van der Waals surface area (Å²) in [7, 11) is -3.37. The van der Waals surface area contributed by atoms with Gasteiger partial charge in [0.2, 0.25) is 10.0 Å². The maximum absolute atomic E-state index is 12.6. The fourth-order valence-corrected chi connectivity index (χ4v) is 4.32. The molecule has 5 heteroatoms. The summed E-state index contributed by atoms with van der Waals surface area (Å²) in [6.07, 6.45) is 2.00. The molecular formula is C14H20ClNO2S. The van der Waals surface area contributed by atoms with Gasteiger partial charge in [-0.15, -0.1) is 11.6 Å². The first-order valence-corrected chi connectivity index (χ1v) is 8.48. The Morgan fingerprint density at radius 2 is 1.89 bits per heavy atom. The fraction of sp³-hybridized carbons (Fsp3) is 0.571. The molecule has 2 rings (SSSR count). The summed E-state index contributed by atoms with van der Waals surface area (Å²) in [6.45, 7) is 5.44. The highest BCUT2D eigenvalue weighted by molar-refractivity contribution is 7.89. The Kier molecular flexibility index (Phi) is 4.23. The monoisotopic (exact) mass is 301 g/mol. The molecule has 1 aromatic rings. The minimum Gasteiger partial charge on any atom is -0.207 e. The first-order chi connectivity index (χ1) is 8.85. The highest BCUT2D eigenvalue weighted by atomic mass is 35.5. The van der Waals surface area contributed by atoms with E-state index in [1.54, 1.807) is 28.6 Å². The number of nitrogens with zero attached hydrogens (tertiary/aromatic N) is 1. The second-order valence-corrected chi connectivity index (χ2v) is 8.09. The largest absolute Gasteiger partial charge is 0.243 e. The lowest BCUT2D eigenvalue weighted by Gasteiger charge is -2.37. The molecule has 3 nitrogen and oxygen atoms in total. The van der Waals surface area contributed by atoms with Crippen molar-refractivity contribution in [1.82, 2.24) is 4.31 Å². The Labute approximate surface area is 120 Å². The minimum absolute atomic E-state index is 0.0569. The lowest BCUT2D eigenvalue weighted by molar-refractivity contribution is 0.187. The molecule has 0 unspecified atom stereocenters. The zero-order valence-corrected chi connectivity index (χ0v) is 13.0. The normalized spacial score (nSPS) is 20.4. The van der Waals surface area contributed by atoms with Crippen LogP contribution in [0.2, 0.25) is 0 Å². The Bertz CT molecular complexity index is 537. The van der Waals surface area contributed by atoms with Crippen LogP contribution in [0.4, 0.5) is 0 Å². The van der Waals surface area contributed by atoms with Crippen LogP contribution in [0.3, 0.4) is 0 Å². The highest BCUT2D eigenvalue weighted by Crippen LogP contribution is 2.31. The van der Waals surface area contributed by atoms with Gasteiger partial charge in [-0.1, -0.05) is 26.0 Å². The number of sulfonamides is 1. The summed E-state index contributed by atoms with van der Waals surface area (Å²) in [4.78, 5) is 0.360. The number of benzene rings is 1. The van der Waals surface area contributed by atoms with Crippen molar-refractivity contribution in [2.24, 2.45) is 5.41 Å². The van der Waals surface area contributed by atoms with Crippen LogP contribution in [0, 0.1) is 5.41 Å². The summed E-state index contributed by atoms with van der Waals surface area (Å²) in [6, 6.07) is 6.84. The van der Waals surface area contributed by atoms with Crippen LogP contribution in [-0.4, -0.2) is 25.8 Å². The van der Waals surface area contributed by atoms with Gasteiger partial charge in [-0.05, 0) is 36.0 Å². The smallest absolute Gasteiger partial charge is 0.207 e. The van der Waals surface area contributed by atoms with Crippen molar-refractivity contribution in [3.8, 4) is 0 Å². The van der Waals surface area contributed by atoms with E-state index in [9.17, 15) is 8.42 Å². The van der Waals surface area contributed by atoms with Gasteiger partial charge >= 0.3 is 0 Å². The number of alkyl halides is 1. The molecule has 0 atom stereocenters. The van der Waals surface area contributed by atoms with E-state index in [0.717, 1.165) is 18.4 Å². The predicted octanol–water partition coefficient (Wildman–Crippen LogP) is 3.24. The lowest BCUT2D eigenvalue weighted by Crippen LogP contribution is -2.43. The first kappa shape index (κ1) is 14.8.